The van der Waals surface area contributed by atoms with Gasteiger partial charge in [-0.15, -0.1) is 12.8 Å². The summed E-state index contributed by atoms with van der Waals surface area (Å²) in [6.07, 6.45) is 9.91. The van der Waals surface area contributed by atoms with E-state index in [2.05, 4.69) is 18.2 Å². The molecule has 0 saturated heterocycles. The van der Waals surface area contributed by atoms with Gasteiger partial charge in [0.05, 0.1) is 36.6 Å². The Morgan fingerprint density at radius 3 is 2.47 bits per heavy atom. The van der Waals surface area contributed by atoms with E-state index in [1.165, 1.54) is 23.8 Å². The Bertz CT molecular complexity index is 1070. The average Bonchev–Trinajstić information content (AvgIpc) is 3.10. The van der Waals surface area contributed by atoms with E-state index in [9.17, 15) is 14.4 Å². The predicted molar refractivity (Wildman–Crippen MR) is 133 cm³/mol. The number of rotatable bonds is 10. The second-order valence-electron chi connectivity index (χ2n) is 7.00. The third kappa shape index (κ3) is 5.53. The maximum Gasteiger partial charge on any atom is 0.264 e. The largest absolute Gasteiger partial charge is 0.493 e. The number of nitrogens with one attached hydrogen (secondary N) is 1. The van der Waals surface area contributed by atoms with Crippen molar-refractivity contribution < 1.29 is 28.6 Å². The Morgan fingerprint density at radius 1 is 1.12 bits per heavy atom. The fourth-order valence-corrected chi connectivity index (χ4v) is 4.31. The van der Waals surface area contributed by atoms with Crippen LogP contribution in [0.3, 0.4) is 0 Å². The third-order valence-electron chi connectivity index (χ3n) is 5.00. The second kappa shape index (κ2) is 12.7. The summed E-state index contributed by atoms with van der Waals surface area (Å²) in [5.74, 6) is 0.352. The summed E-state index contributed by atoms with van der Waals surface area (Å²) in [5.41, 5.74) is 1.49. The van der Waals surface area contributed by atoms with Crippen molar-refractivity contribution in [3.8, 4) is 24.3 Å². The van der Waals surface area contributed by atoms with Crippen molar-refractivity contribution in [2.45, 2.75) is 13.0 Å². The summed E-state index contributed by atoms with van der Waals surface area (Å²) in [6, 6.07) is 9.71. The van der Waals surface area contributed by atoms with E-state index in [0.29, 0.717) is 23.9 Å². The number of benzene rings is 2. The molecule has 3 amide bonds. The zero-order chi connectivity index (χ0) is 25.3. The standard InChI is InChI=1S/C23H26N2O6S.C2H2/c1-5-31-19-11-14(9-10-18(19)30-3)17(13-32-4)25-22(27)15-7-6-8-16(21(15)23(25)28)24-20(26)12-29-2;1-2/h6-11,17H,5,12-13H2,1-4H3,(H,24,26);1-2H/t17-;/m1./s1. The summed E-state index contributed by atoms with van der Waals surface area (Å²) < 4.78 is 15.9. The highest BCUT2D eigenvalue weighted by Crippen LogP contribution is 2.39. The van der Waals surface area contributed by atoms with E-state index in [0.717, 1.165) is 5.56 Å². The number of carbonyl (C=O) groups excluding carboxylic acids is 3. The molecule has 9 heteroatoms. The molecule has 0 unspecified atom stereocenters. The van der Waals surface area contributed by atoms with E-state index in [1.807, 2.05) is 19.2 Å². The molecule has 0 saturated carbocycles. The van der Waals surface area contributed by atoms with Gasteiger partial charge in [0, 0.05) is 12.9 Å². The lowest BCUT2D eigenvalue weighted by Crippen LogP contribution is -2.35. The average molecular weight is 485 g/mol. The summed E-state index contributed by atoms with van der Waals surface area (Å²) in [4.78, 5) is 40.0. The van der Waals surface area contributed by atoms with Gasteiger partial charge in [-0.3, -0.25) is 19.3 Å². The van der Waals surface area contributed by atoms with Crippen molar-refractivity contribution in [1.29, 1.82) is 0 Å². The Kier molecular flexibility index (Phi) is 9.98. The number of anilines is 1. The summed E-state index contributed by atoms with van der Waals surface area (Å²) in [6.45, 7) is 2.16. The zero-order valence-electron chi connectivity index (χ0n) is 19.6. The van der Waals surface area contributed by atoms with E-state index in [1.54, 1.807) is 37.4 Å². The first-order valence-corrected chi connectivity index (χ1v) is 11.8. The van der Waals surface area contributed by atoms with Gasteiger partial charge in [-0.2, -0.15) is 11.8 Å². The van der Waals surface area contributed by atoms with Crippen molar-refractivity contribution in [1.82, 2.24) is 4.90 Å². The number of amides is 3. The van der Waals surface area contributed by atoms with Gasteiger partial charge in [-0.1, -0.05) is 12.1 Å². The van der Waals surface area contributed by atoms with E-state index in [-0.39, 0.29) is 23.4 Å². The van der Waals surface area contributed by atoms with Gasteiger partial charge < -0.3 is 19.5 Å². The van der Waals surface area contributed by atoms with Crippen LogP contribution in [-0.4, -0.2) is 62.1 Å². The minimum Gasteiger partial charge on any atom is -0.493 e. The molecule has 0 fully saturated rings. The van der Waals surface area contributed by atoms with Gasteiger partial charge in [0.25, 0.3) is 11.8 Å². The topological polar surface area (TPSA) is 94.2 Å². The number of hydrogen-bond donors (Lipinski definition) is 1. The minimum absolute atomic E-state index is 0.156. The molecular formula is C25H28N2O6S. The molecule has 0 radical (unpaired) electrons. The Morgan fingerprint density at radius 2 is 1.85 bits per heavy atom. The minimum atomic E-state index is -0.523. The number of methoxy groups -OCH3 is 2. The van der Waals surface area contributed by atoms with Crippen molar-refractivity contribution >= 4 is 35.2 Å². The van der Waals surface area contributed by atoms with E-state index in [4.69, 9.17) is 14.2 Å². The monoisotopic (exact) mass is 484 g/mol. The molecule has 0 aromatic heterocycles. The molecule has 2 aromatic rings. The Labute approximate surface area is 203 Å². The van der Waals surface area contributed by atoms with E-state index >= 15 is 0 Å². The molecule has 2 aromatic carbocycles. The number of imide groups is 1. The van der Waals surface area contributed by atoms with Gasteiger partial charge in [-0.25, -0.2) is 0 Å². The third-order valence-corrected chi connectivity index (χ3v) is 5.65. The van der Waals surface area contributed by atoms with Gasteiger partial charge in [0.15, 0.2) is 11.5 Å². The molecule has 3 rings (SSSR count). The highest BCUT2D eigenvalue weighted by Gasteiger charge is 2.42. The molecular weight excluding hydrogens is 456 g/mol. The number of terminal acetylenes is 1. The first-order valence-electron chi connectivity index (χ1n) is 10.4. The lowest BCUT2D eigenvalue weighted by atomic mass is 10.1. The van der Waals surface area contributed by atoms with Crippen molar-refractivity contribution in [3.05, 3.63) is 53.1 Å². The van der Waals surface area contributed by atoms with Crippen LogP contribution < -0.4 is 14.8 Å². The molecule has 180 valence electrons. The fraction of sp³-hybridized carbons (Fsp3) is 0.320. The number of ether oxygens (including phenoxy) is 3. The summed E-state index contributed by atoms with van der Waals surface area (Å²) in [5, 5.41) is 2.66. The zero-order valence-corrected chi connectivity index (χ0v) is 20.4. The molecule has 1 aliphatic rings. The van der Waals surface area contributed by atoms with Crippen LogP contribution in [0, 0.1) is 12.8 Å². The maximum absolute atomic E-state index is 13.4. The normalized spacial score (nSPS) is 12.9. The molecule has 8 nitrogen and oxygen atoms in total. The predicted octanol–water partition coefficient (Wildman–Crippen LogP) is 3.63. The second-order valence-corrected chi connectivity index (χ2v) is 7.91. The van der Waals surface area contributed by atoms with Crippen LogP contribution >= 0.6 is 11.8 Å². The van der Waals surface area contributed by atoms with Crippen LogP contribution in [0.15, 0.2) is 36.4 Å². The first kappa shape index (κ1) is 26.8. The number of carbonyl (C=O) groups is 3. The number of nitrogens with zero attached hydrogens (tertiary/aromatic N) is 1. The smallest absolute Gasteiger partial charge is 0.264 e. The SMILES string of the molecule is C#C.CCOc1cc([C@@H](CSC)N2C(=O)c3cccc(NC(=O)COC)c3C2=O)ccc1OC. The molecule has 34 heavy (non-hydrogen) atoms. The molecule has 1 heterocycles. The van der Waals surface area contributed by atoms with Gasteiger partial charge in [-0.05, 0) is 43.0 Å². The number of hydrogen-bond acceptors (Lipinski definition) is 7. The van der Waals surface area contributed by atoms with Crippen molar-refractivity contribution in [2.24, 2.45) is 0 Å². The van der Waals surface area contributed by atoms with Crippen LogP contribution in [0.2, 0.25) is 0 Å². The molecule has 0 spiro atoms. The Hall–Kier alpha value is -3.48. The molecule has 1 N–H and O–H groups in total. The first-order chi connectivity index (χ1) is 16.5. The summed E-state index contributed by atoms with van der Waals surface area (Å²) >= 11 is 1.52. The van der Waals surface area contributed by atoms with E-state index < -0.39 is 23.8 Å². The van der Waals surface area contributed by atoms with Crippen LogP contribution in [0.5, 0.6) is 11.5 Å². The van der Waals surface area contributed by atoms with Crippen LogP contribution in [-0.2, 0) is 9.53 Å². The van der Waals surface area contributed by atoms with Gasteiger partial charge >= 0.3 is 0 Å². The lowest BCUT2D eigenvalue weighted by Gasteiger charge is -2.27. The molecule has 0 aliphatic carbocycles. The molecule has 1 atom stereocenters. The van der Waals surface area contributed by atoms with Gasteiger partial charge in [0.1, 0.15) is 6.61 Å². The number of fused-ring (bicyclic) bond motifs is 1. The summed E-state index contributed by atoms with van der Waals surface area (Å²) in [7, 11) is 2.96. The highest BCUT2D eigenvalue weighted by atomic mass is 32.2. The van der Waals surface area contributed by atoms with Crippen LogP contribution in [0.25, 0.3) is 0 Å². The van der Waals surface area contributed by atoms with Crippen molar-refractivity contribution in [2.75, 3.05) is 44.8 Å². The maximum atomic E-state index is 13.4. The van der Waals surface area contributed by atoms with Crippen LogP contribution in [0.1, 0.15) is 39.2 Å². The molecule has 0 bridgehead atoms. The highest BCUT2D eigenvalue weighted by molar-refractivity contribution is 7.98. The Balaban J connectivity index is 0.00000199. The molecule has 1 aliphatic heterocycles. The lowest BCUT2D eigenvalue weighted by molar-refractivity contribution is -0.119. The fourth-order valence-electron chi connectivity index (χ4n) is 3.65. The van der Waals surface area contributed by atoms with Crippen molar-refractivity contribution in [3.63, 3.8) is 0 Å². The number of thioether (sulfide) groups is 1. The van der Waals surface area contributed by atoms with Gasteiger partial charge in [0.2, 0.25) is 5.91 Å². The quantitative estimate of drug-likeness (QED) is 0.407. The van der Waals surface area contributed by atoms with Crippen LogP contribution in [0.4, 0.5) is 5.69 Å².